The summed E-state index contributed by atoms with van der Waals surface area (Å²) in [4.78, 5) is 26.2. The Labute approximate surface area is 168 Å². The fourth-order valence-electron chi connectivity index (χ4n) is 3.60. The highest BCUT2D eigenvalue weighted by Gasteiger charge is 2.33. The van der Waals surface area contributed by atoms with Gasteiger partial charge in [-0.05, 0) is 30.7 Å². The number of para-hydroxylation sites is 2. The average molecular weight is 391 g/mol. The molecule has 4 rings (SSSR count). The van der Waals surface area contributed by atoms with Gasteiger partial charge in [0.1, 0.15) is 11.4 Å². The van der Waals surface area contributed by atoms with Crippen LogP contribution in [0.15, 0.2) is 60.8 Å². The van der Waals surface area contributed by atoms with Gasteiger partial charge in [0.25, 0.3) is 5.91 Å². The molecule has 3 aromatic rings. The maximum atomic E-state index is 13.3. The zero-order valence-corrected chi connectivity index (χ0v) is 16.0. The lowest BCUT2D eigenvalue weighted by atomic mass is 10.1. The Balaban J connectivity index is 1.78. The third kappa shape index (κ3) is 3.59. The monoisotopic (exact) mass is 391 g/mol. The highest BCUT2D eigenvalue weighted by Crippen LogP contribution is 2.33. The van der Waals surface area contributed by atoms with E-state index in [-0.39, 0.29) is 12.5 Å². The standard InChI is InChI=1S/C22H21N3O4/c1-29-19-10-6-5-9-17(19)20-18(14-25(23-20)16-7-3-2-4-8-16)21(26)24-12-11-15(13-24)22(27)28/h2-10,14-15H,11-13H2,1H3,(H,27,28). The minimum Gasteiger partial charge on any atom is -0.496 e. The zero-order chi connectivity index (χ0) is 20.4. The second-order valence-corrected chi connectivity index (χ2v) is 6.95. The number of ether oxygens (including phenoxy) is 1. The number of nitrogens with zero attached hydrogens (tertiary/aromatic N) is 3. The predicted octanol–water partition coefficient (Wildman–Crippen LogP) is 3.09. The molecule has 0 saturated carbocycles. The molecule has 7 heteroatoms. The van der Waals surface area contributed by atoms with E-state index >= 15 is 0 Å². The van der Waals surface area contributed by atoms with E-state index in [4.69, 9.17) is 4.74 Å². The number of carbonyl (C=O) groups is 2. The van der Waals surface area contributed by atoms with Gasteiger partial charge in [-0.25, -0.2) is 4.68 Å². The van der Waals surface area contributed by atoms with Crippen molar-refractivity contribution in [2.24, 2.45) is 5.92 Å². The van der Waals surface area contributed by atoms with Crippen LogP contribution in [0.25, 0.3) is 16.9 Å². The van der Waals surface area contributed by atoms with Gasteiger partial charge >= 0.3 is 5.97 Å². The average Bonchev–Trinajstić information content (AvgIpc) is 3.42. The van der Waals surface area contributed by atoms with E-state index in [0.29, 0.717) is 35.5 Å². The molecule has 0 aliphatic carbocycles. The van der Waals surface area contributed by atoms with Crippen LogP contribution in [0, 0.1) is 5.92 Å². The maximum Gasteiger partial charge on any atom is 0.308 e. The molecule has 1 amide bonds. The molecular formula is C22H21N3O4. The molecule has 1 atom stereocenters. The van der Waals surface area contributed by atoms with Gasteiger partial charge in [-0.2, -0.15) is 5.10 Å². The lowest BCUT2D eigenvalue weighted by Crippen LogP contribution is -2.30. The number of aliphatic carboxylic acids is 1. The number of carboxylic acids is 1. The Morgan fingerprint density at radius 2 is 1.83 bits per heavy atom. The summed E-state index contributed by atoms with van der Waals surface area (Å²) in [6, 6.07) is 16.9. The minimum absolute atomic E-state index is 0.204. The van der Waals surface area contributed by atoms with Crippen LogP contribution in [0.3, 0.4) is 0 Å². The summed E-state index contributed by atoms with van der Waals surface area (Å²) in [6.45, 7) is 0.619. The Morgan fingerprint density at radius 1 is 1.10 bits per heavy atom. The summed E-state index contributed by atoms with van der Waals surface area (Å²) in [5.74, 6) is -1.01. The van der Waals surface area contributed by atoms with Crippen molar-refractivity contribution in [3.8, 4) is 22.7 Å². The molecule has 1 saturated heterocycles. The van der Waals surface area contributed by atoms with Crippen LogP contribution < -0.4 is 4.74 Å². The summed E-state index contributed by atoms with van der Waals surface area (Å²) in [5, 5.41) is 13.9. The second-order valence-electron chi connectivity index (χ2n) is 6.95. The molecule has 29 heavy (non-hydrogen) atoms. The zero-order valence-electron chi connectivity index (χ0n) is 16.0. The quantitative estimate of drug-likeness (QED) is 0.722. The molecule has 1 fully saturated rings. The van der Waals surface area contributed by atoms with Gasteiger partial charge in [0.2, 0.25) is 0 Å². The smallest absolute Gasteiger partial charge is 0.308 e. The predicted molar refractivity (Wildman–Crippen MR) is 107 cm³/mol. The van der Waals surface area contributed by atoms with Crippen molar-refractivity contribution in [3.63, 3.8) is 0 Å². The summed E-state index contributed by atoms with van der Waals surface area (Å²) in [6.07, 6.45) is 2.16. The number of carboxylic acid groups (broad SMARTS) is 1. The number of carbonyl (C=O) groups excluding carboxylic acids is 1. The topological polar surface area (TPSA) is 84.7 Å². The number of methoxy groups -OCH3 is 1. The molecule has 7 nitrogen and oxygen atoms in total. The van der Waals surface area contributed by atoms with Crippen LogP contribution in [-0.2, 0) is 4.79 Å². The highest BCUT2D eigenvalue weighted by molar-refractivity contribution is 6.01. The molecule has 2 aromatic carbocycles. The van der Waals surface area contributed by atoms with Gasteiger partial charge in [-0.1, -0.05) is 30.3 Å². The van der Waals surface area contributed by atoms with E-state index in [1.54, 1.807) is 22.9 Å². The fraction of sp³-hybridized carbons (Fsp3) is 0.227. The first-order chi connectivity index (χ1) is 14.1. The minimum atomic E-state index is -0.870. The van der Waals surface area contributed by atoms with Crippen molar-refractivity contribution in [1.29, 1.82) is 0 Å². The number of hydrogen-bond acceptors (Lipinski definition) is 4. The molecule has 0 spiro atoms. The van der Waals surface area contributed by atoms with Gasteiger partial charge in [0.05, 0.1) is 24.3 Å². The van der Waals surface area contributed by atoms with Crippen molar-refractivity contribution in [3.05, 3.63) is 66.4 Å². The lowest BCUT2D eigenvalue weighted by Gasteiger charge is -2.16. The molecular weight excluding hydrogens is 370 g/mol. The third-order valence-electron chi connectivity index (χ3n) is 5.15. The van der Waals surface area contributed by atoms with Crippen LogP contribution in [0.5, 0.6) is 5.75 Å². The van der Waals surface area contributed by atoms with Crippen molar-refractivity contribution in [1.82, 2.24) is 14.7 Å². The number of rotatable bonds is 5. The summed E-state index contributed by atoms with van der Waals surface area (Å²) >= 11 is 0. The molecule has 148 valence electrons. The lowest BCUT2D eigenvalue weighted by molar-refractivity contribution is -0.141. The van der Waals surface area contributed by atoms with E-state index in [1.165, 1.54) is 0 Å². The van der Waals surface area contributed by atoms with Crippen LogP contribution in [0.2, 0.25) is 0 Å². The SMILES string of the molecule is COc1ccccc1-c1nn(-c2ccccc2)cc1C(=O)N1CCC(C(=O)O)C1. The molecule has 1 unspecified atom stereocenters. The number of hydrogen-bond donors (Lipinski definition) is 1. The van der Waals surface area contributed by atoms with E-state index in [9.17, 15) is 14.7 Å². The first kappa shape index (κ1) is 18.7. The molecule has 1 N–H and O–H groups in total. The largest absolute Gasteiger partial charge is 0.496 e. The maximum absolute atomic E-state index is 13.3. The van der Waals surface area contributed by atoms with Crippen LogP contribution >= 0.6 is 0 Å². The molecule has 2 heterocycles. The van der Waals surface area contributed by atoms with Crippen molar-refractivity contribution in [2.45, 2.75) is 6.42 Å². The number of amides is 1. The highest BCUT2D eigenvalue weighted by atomic mass is 16.5. The Bertz CT molecular complexity index is 1050. The summed E-state index contributed by atoms with van der Waals surface area (Å²) < 4.78 is 7.14. The van der Waals surface area contributed by atoms with E-state index in [1.807, 2.05) is 54.6 Å². The van der Waals surface area contributed by atoms with Crippen LogP contribution in [0.4, 0.5) is 0 Å². The summed E-state index contributed by atoms with van der Waals surface area (Å²) in [5.41, 5.74) is 2.47. The first-order valence-corrected chi connectivity index (χ1v) is 9.39. The number of likely N-dealkylation sites (tertiary alicyclic amines) is 1. The van der Waals surface area contributed by atoms with Gasteiger partial charge in [-0.15, -0.1) is 0 Å². The van der Waals surface area contributed by atoms with E-state index in [0.717, 1.165) is 5.69 Å². The number of aromatic nitrogens is 2. The van der Waals surface area contributed by atoms with Crippen LogP contribution in [-0.4, -0.2) is 51.9 Å². The van der Waals surface area contributed by atoms with Gasteiger partial charge < -0.3 is 14.7 Å². The van der Waals surface area contributed by atoms with Gasteiger partial charge in [0, 0.05) is 24.8 Å². The normalized spacial score (nSPS) is 16.0. The Morgan fingerprint density at radius 3 is 2.52 bits per heavy atom. The van der Waals surface area contributed by atoms with Crippen molar-refractivity contribution in [2.75, 3.05) is 20.2 Å². The first-order valence-electron chi connectivity index (χ1n) is 9.39. The van der Waals surface area contributed by atoms with E-state index in [2.05, 4.69) is 5.10 Å². The Hall–Kier alpha value is -3.61. The summed E-state index contributed by atoms with van der Waals surface area (Å²) in [7, 11) is 1.58. The Kier molecular flexibility index (Phi) is 5.03. The fourth-order valence-corrected chi connectivity index (χ4v) is 3.60. The van der Waals surface area contributed by atoms with E-state index < -0.39 is 11.9 Å². The molecule has 1 aliphatic heterocycles. The van der Waals surface area contributed by atoms with Crippen molar-refractivity contribution >= 4 is 11.9 Å². The second kappa shape index (κ2) is 7.79. The molecule has 0 radical (unpaired) electrons. The van der Waals surface area contributed by atoms with Gasteiger partial charge in [0.15, 0.2) is 0 Å². The molecule has 0 bridgehead atoms. The third-order valence-corrected chi connectivity index (χ3v) is 5.15. The molecule has 1 aliphatic rings. The van der Waals surface area contributed by atoms with Gasteiger partial charge in [-0.3, -0.25) is 9.59 Å². The van der Waals surface area contributed by atoms with Crippen LogP contribution in [0.1, 0.15) is 16.8 Å². The van der Waals surface area contributed by atoms with Crippen molar-refractivity contribution < 1.29 is 19.4 Å². The number of benzene rings is 2. The molecule has 1 aromatic heterocycles.